The van der Waals surface area contributed by atoms with E-state index in [1.807, 2.05) is 4.68 Å². The molecule has 0 aliphatic heterocycles. The molecule has 0 amide bonds. The van der Waals surface area contributed by atoms with Crippen molar-refractivity contribution in [1.29, 1.82) is 0 Å². The zero-order chi connectivity index (χ0) is 15.4. The lowest BCUT2D eigenvalue weighted by atomic mass is 9.78. The highest BCUT2D eigenvalue weighted by atomic mass is 16.3. The quantitative estimate of drug-likeness (QED) is 0.848. The van der Waals surface area contributed by atoms with Gasteiger partial charge in [0.15, 0.2) is 0 Å². The Balaban J connectivity index is 2.01. The molecule has 0 spiro atoms. The van der Waals surface area contributed by atoms with Gasteiger partial charge in [0.05, 0.1) is 18.8 Å². The first-order chi connectivity index (χ1) is 10.0. The summed E-state index contributed by atoms with van der Waals surface area (Å²) >= 11 is 0. The maximum atomic E-state index is 9.10. The molecule has 1 aromatic heterocycles. The Morgan fingerprint density at radius 3 is 2.67 bits per heavy atom. The maximum absolute atomic E-state index is 9.10. The number of aliphatic hydroxyl groups is 1. The van der Waals surface area contributed by atoms with Crippen molar-refractivity contribution in [3.63, 3.8) is 0 Å². The van der Waals surface area contributed by atoms with Gasteiger partial charge in [-0.05, 0) is 38.5 Å². The second kappa shape index (κ2) is 7.41. The molecule has 1 fully saturated rings. The number of aromatic nitrogens is 2. The molecule has 0 saturated heterocycles. The van der Waals surface area contributed by atoms with Crippen LogP contribution in [0.4, 0.5) is 0 Å². The smallest absolute Gasteiger partial charge is 0.0644 e. The number of nitrogens with zero attached hydrogens (tertiary/aromatic N) is 2. The van der Waals surface area contributed by atoms with Crippen LogP contribution in [0, 0.1) is 25.7 Å². The molecule has 2 atom stereocenters. The summed E-state index contributed by atoms with van der Waals surface area (Å²) in [6.07, 6.45) is 5.39. The molecule has 1 aromatic rings. The standard InChI is InChI=1S/C17H31N3O/c1-12(2)15-7-5-6-8-17(15)18-11-16-13(3)19-20(9-10-21)14(16)4/h12,15,17-18,21H,5-11H2,1-4H3. The predicted octanol–water partition coefficient (Wildman–Crippen LogP) is 2.80. The molecule has 2 N–H and O–H groups in total. The molecule has 4 heteroatoms. The van der Waals surface area contributed by atoms with Gasteiger partial charge in [0.1, 0.15) is 0 Å². The van der Waals surface area contributed by atoms with Crippen LogP contribution < -0.4 is 5.32 Å². The van der Waals surface area contributed by atoms with Crippen LogP contribution >= 0.6 is 0 Å². The molecular weight excluding hydrogens is 262 g/mol. The summed E-state index contributed by atoms with van der Waals surface area (Å²) in [5.74, 6) is 1.55. The molecule has 1 heterocycles. The molecule has 2 rings (SSSR count). The Labute approximate surface area is 128 Å². The van der Waals surface area contributed by atoms with Crippen LogP contribution in [0.1, 0.15) is 56.5 Å². The highest BCUT2D eigenvalue weighted by Crippen LogP contribution is 2.30. The van der Waals surface area contributed by atoms with Gasteiger partial charge < -0.3 is 10.4 Å². The molecule has 120 valence electrons. The third kappa shape index (κ3) is 3.86. The first kappa shape index (κ1) is 16.5. The van der Waals surface area contributed by atoms with Crippen LogP contribution in [0.2, 0.25) is 0 Å². The summed E-state index contributed by atoms with van der Waals surface area (Å²) in [5, 5.41) is 17.4. The highest BCUT2D eigenvalue weighted by Gasteiger charge is 2.27. The number of hydrogen-bond acceptors (Lipinski definition) is 3. The summed E-state index contributed by atoms with van der Waals surface area (Å²) in [4.78, 5) is 0. The highest BCUT2D eigenvalue weighted by molar-refractivity contribution is 5.24. The Hall–Kier alpha value is -0.870. The molecule has 0 radical (unpaired) electrons. The van der Waals surface area contributed by atoms with E-state index >= 15 is 0 Å². The van der Waals surface area contributed by atoms with Crippen molar-refractivity contribution in [2.24, 2.45) is 11.8 Å². The summed E-state index contributed by atoms with van der Waals surface area (Å²) in [7, 11) is 0. The van der Waals surface area contributed by atoms with E-state index in [0.29, 0.717) is 12.6 Å². The van der Waals surface area contributed by atoms with Gasteiger partial charge in [0.2, 0.25) is 0 Å². The molecule has 21 heavy (non-hydrogen) atoms. The van der Waals surface area contributed by atoms with E-state index in [4.69, 9.17) is 5.11 Å². The van der Waals surface area contributed by atoms with Crippen molar-refractivity contribution in [3.8, 4) is 0 Å². The van der Waals surface area contributed by atoms with Crippen molar-refractivity contribution in [3.05, 3.63) is 17.0 Å². The van der Waals surface area contributed by atoms with Gasteiger partial charge in [0, 0.05) is 23.8 Å². The van der Waals surface area contributed by atoms with Gasteiger partial charge in [-0.3, -0.25) is 4.68 Å². The number of aliphatic hydroxyl groups excluding tert-OH is 1. The van der Waals surface area contributed by atoms with Gasteiger partial charge in [-0.15, -0.1) is 0 Å². The summed E-state index contributed by atoms with van der Waals surface area (Å²) in [6.45, 7) is 10.5. The summed E-state index contributed by atoms with van der Waals surface area (Å²) in [6, 6.07) is 0.638. The van der Waals surface area contributed by atoms with E-state index in [1.165, 1.54) is 36.9 Å². The SMILES string of the molecule is Cc1nn(CCO)c(C)c1CNC1CCCCC1C(C)C. The van der Waals surface area contributed by atoms with Gasteiger partial charge in [-0.1, -0.05) is 26.7 Å². The number of hydrogen-bond donors (Lipinski definition) is 2. The van der Waals surface area contributed by atoms with Crippen LogP contribution in [0.25, 0.3) is 0 Å². The minimum Gasteiger partial charge on any atom is -0.394 e. The van der Waals surface area contributed by atoms with Crippen LogP contribution in [0.5, 0.6) is 0 Å². The lowest BCUT2D eigenvalue weighted by molar-refractivity contribution is 0.204. The van der Waals surface area contributed by atoms with Crippen molar-refractivity contribution >= 4 is 0 Å². The molecule has 0 aromatic carbocycles. The maximum Gasteiger partial charge on any atom is 0.0644 e. The average Bonchev–Trinajstić information content (AvgIpc) is 2.72. The minimum absolute atomic E-state index is 0.146. The first-order valence-corrected chi connectivity index (χ1v) is 8.41. The fourth-order valence-electron chi connectivity index (χ4n) is 3.75. The lowest BCUT2D eigenvalue weighted by Gasteiger charge is -2.35. The Kier molecular flexibility index (Phi) is 5.82. The van der Waals surface area contributed by atoms with Crippen LogP contribution in [0.3, 0.4) is 0 Å². The topological polar surface area (TPSA) is 50.1 Å². The Morgan fingerprint density at radius 1 is 1.29 bits per heavy atom. The van der Waals surface area contributed by atoms with E-state index in [2.05, 4.69) is 38.1 Å². The van der Waals surface area contributed by atoms with Crippen LogP contribution in [-0.4, -0.2) is 27.5 Å². The molecule has 1 aliphatic rings. The van der Waals surface area contributed by atoms with E-state index < -0.39 is 0 Å². The lowest BCUT2D eigenvalue weighted by Crippen LogP contribution is -2.40. The van der Waals surface area contributed by atoms with E-state index in [0.717, 1.165) is 24.1 Å². The summed E-state index contributed by atoms with van der Waals surface area (Å²) in [5.41, 5.74) is 3.58. The van der Waals surface area contributed by atoms with Crippen molar-refractivity contribution in [2.45, 2.75) is 72.5 Å². The Bertz CT molecular complexity index is 453. The van der Waals surface area contributed by atoms with Gasteiger partial charge >= 0.3 is 0 Å². The monoisotopic (exact) mass is 293 g/mol. The van der Waals surface area contributed by atoms with Crippen molar-refractivity contribution < 1.29 is 5.11 Å². The number of rotatable bonds is 6. The predicted molar refractivity (Wildman–Crippen MR) is 86.2 cm³/mol. The molecular formula is C17H31N3O. The zero-order valence-corrected chi connectivity index (χ0v) is 14.0. The third-order valence-electron chi connectivity index (χ3n) is 5.06. The van der Waals surface area contributed by atoms with Crippen LogP contribution in [0.15, 0.2) is 0 Å². The van der Waals surface area contributed by atoms with Crippen molar-refractivity contribution in [1.82, 2.24) is 15.1 Å². The number of aryl methyl sites for hydroxylation is 1. The van der Waals surface area contributed by atoms with Crippen LogP contribution in [-0.2, 0) is 13.1 Å². The second-order valence-electron chi connectivity index (χ2n) is 6.78. The fourth-order valence-corrected chi connectivity index (χ4v) is 3.75. The average molecular weight is 293 g/mol. The molecule has 2 unspecified atom stereocenters. The summed E-state index contributed by atoms with van der Waals surface area (Å²) < 4.78 is 1.92. The third-order valence-corrected chi connectivity index (χ3v) is 5.06. The normalized spacial score (nSPS) is 23.0. The van der Waals surface area contributed by atoms with Gasteiger partial charge in [-0.25, -0.2) is 0 Å². The van der Waals surface area contributed by atoms with E-state index in [1.54, 1.807) is 0 Å². The van der Waals surface area contributed by atoms with E-state index in [9.17, 15) is 0 Å². The molecule has 1 saturated carbocycles. The first-order valence-electron chi connectivity index (χ1n) is 8.41. The van der Waals surface area contributed by atoms with Gasteiger partial charge in [0.25, 0.3) is 0 Å². The zero-order valence-electron chi connectivity index (χ0n) is 14.0. The second-order valence-corrected chi connectivity index (χ2v) is 6.78. The number of nitrogens with one attached hydrogen (secondary N) is 1. The largest absolute Gasteiger partial charge is 0.394 e. The molecule has 4 nitrogen and oxygen atoms in total. The van der Waals surface area contributed by atoms with Crippen molar-refractivity contribution in [2.75, 3.05) is 6.61 Å². The fraction of sp³-hybridized carbons (Fsp3) is 0.824. The van der Waals surface area contributed by atoms with E-state index in [-0.39, 0.29) is 6.61 Å². The Morgan fingerprint density at radius 2 is 2.00 bits per heavy atom. The minimum atomic E-state index is 0.146. The molecule has 1 aliphatic carbocycles. The molecule has 0 bridgehead atoms. The van der Waals surface area contributed by atoms with Gasteiger partial charge in [-0.2, -0.15) is 5.10 Å².